The van der Waals surface area contributed by atoms with Crippen LogP contribution < -0.4 is 5.73 Å². The Morgan fingerprint density at radius 2 is 2.00 bits per heavy atom. The van der Waals surface area contributed by atoms with Crippen molar-refractivity contribution in [1.82, 2.24) is 19.5 Å². The highest BCUT2D eigenvalue weighted by Crippen LogP contribution is 2.11. The summed E-state index contributed by atoms with van der Waals surface area (Å²) in [7, 11) is 0. The summed E-state index contributed by atoms with van der Waals surface area (Å²) in [6.07, 6.45) is 7.98. The van der Waals surface area contributed by atoms with Crippen molar-refractivity contribution >= 4 is 0 Å². The second kappa shape index (κ2) is 5.05. The van der Waals surface area contributed by atoms with Gasteiger partial charge in [0.25, 0.3) is 0 Å². The molecule has 0 saturated carbocycles. The summed E-state index contributed by atoms with van der Waals surface area (Å²) >= 11 is 0. The van der Waals surface area contributed by atoms with Gasteiger partial charge in [0.15, 0.2) is 0 Å². The molecular formula is C12H17N5. The minimum atomic E-state index is -0.205. The highest BCUT2D eigenvalue weighted by molar-refractivity contribution is 5.06. The van der Waals surface area contributed by atoms with Crippen LogP contribution in [0.25, 0.3) is 0 Å². The number of nitrogens with zero attached hydrogens (tertiary/aromatic N) is 4. The average molecular weight is 231 g/mol. The first-order chi connectivity index (χ1) is 8.20. The summed E-state index contributed by atoms with van der Waals surface area (Å²) in [5.41, 5.74) is 7.12. The smallest absolute Gasteiger partial charge is 0.145 e. The van der Waals surface area contributed by atoms with Crippen LogP contribution in [-0.4, -0.2) is 19.5 Å². The molecule has 0 fully saturated rings. The fourth-order valence-corrected chi connectivity index (χ4v) is 1.70. The lowest BCUT2D eigenvalue weighted by Gasteiger charge is -2.11. The predicted octanol–water partition coefficient (Wildman–Crippen LogP) is 1.24. The van der Waals surface area contributed by atoms with Crippen LogP contribution in [-0.2, 0) is 13.0 Å². The van der Waals surface area contributed by atoms with Crippen LogP contribution in [0.5, 0.6) is 0 Å². The van der Waals surface area contributed by atoms with Crippen molar-refractivity contribution in [2.75, 3.05) is 0 Å². The lowest BCUT2D eigenvalue weighted by molar-refractivity contribution is 0.602. The van der Waals surface area contributed by atoms with E-state index >= 15 is 0 Å². The molecule has 0 aliphatic heterocycles. The van der Waals surface area contributed by atoms with Gasteiger partial charge >= 0.3 is 0 Å². The molecule has 0 radical (unpaired) electrons. The van der Waals surface area contributed by atoms with Gasteiger partial charge in [0.2, 0.25) is 0 Å². The van der Waals surface area contributed by atoms with Crippen molar-refractivity contribution in [2.45, 2.75) is 32.9 Å². The van der Waals surface area contributed by atoms with Crippen LogP contribution in [0, 0.1) is 6.92 Å². The Morgan fingerprint density at radius 3 is 2.65 bits per heavy atom. The quantitative estimate of drug-likeness (QED) is 0.859. The fraction of sp³-hybridized carbons (Fsp3) is 0.417. The van der Waals surface area contributed by atoms with E-state index in [4.69, 9.17) is 5.73 Å². The molecule has 5 nitrogen and oxygen atoms in total. The average Bonchev–Trinajstić information content (AvgIpc) is 2.77. The topological polar surface area (TPSA) is 69.6 Å². The van der Waals surface area contributed by atoms with E-state index in [-0.39, 0.29) is 6.04 Å². The van der Waals surface area contributed by atoms with Crippen molar-refractivity contribution in [2.24, 2.45) is 5.73 Å². The van der Waals surface area contributed by atoms with Gasteiger partial charge in [-0.25, -0.2) is 15.0 Å². The van der Waals surface area contributed by atoms with Crippen molar-refractivity contribution in [3.05, 3.63) is 42.0 Å². The van der Waals surface area contributed by atoms with Crippen LogP contribution >= 0.6 is 0 Å². The monoisotopic (exact) mass is 231 g/mol. The summed E-state index contributed by atoms with van der Waals surface area (Å²) < 4.78 is 2.08. The first kappa shape index (κ1) is 11.7. The highest BCUT2D eigenvalue weighted by Gasteiger charge is 2.12. The lowest BCUT2D eigenvalue weighted by atomic mass is 10.2. The predicted molar refractivity (Wildman–Crippen MR) is 65.3 cm³/mol. The normalized spacial score (nSPS) is 12.6. The number of hydrogen-bond acceptors (Lipinski definition) is 4. The van der Waals surface area contributed by atoms with E-state index in [1.165, 1.54) is 0 Å². The van der Waals surface area contributed by atoms with Crippen LogP contribution in [0.3, 0.4) is 0 Å². The van der Waals surface area contributed by atoms with Gasteiger partial charge in [-0.2, -0.15) is 0 Å². The molecule has 0 bridgehead atoms. The molecule has 90 valence electrons. The molecule has 2 aromatic heterocycles. The van der Waals surface area contributed by atoms with Crippen LogP contribution in [0.4, 0.5) is 0 Å². The third kappa shape index (κ3) is 2.68. The van der Waals surface area contributed by atoms with E-state index in [0.29, 0.717) is 12.2 Å². The zero-order valence-electron chi connectivity index (χ0n) is 10.2. The van der Waals surface area contributed by atoms with Crippen molar-refractivity contribution < 1.29 is 0 Å². The molecule has 0 aliphatic rings. The van der Waals surface area contributed by atoms with Crippen molar-refractivity contribution in [3.63, 3.8) is 0 Å². The molecule has 5 heteroatoms. The largest absolute Gasteiger partial charge is 0.335 e. The Balaban J connectivity index is 2.11. The second-order valence-electron chi connectivity index (χ2n) is 4.06. The third-order valence-electron chi connectivity index (χ3n) is 2.68. The van der Waals surface area contributed by atoms with E-state index in [1.54, 1.807) is 18.6 Å². The van der Waals surface area contributed by atoms with Crippen molar-refractivity contribution in [3.8, 4) is 0 Å². The molecule has 0 aliphatic carbocycles. The Bertz CT molecular complexity index is 474. The number of rotatable bonds is 4. The van der Waals surface area contributed by atoms with E-state index in [9.17, 15) is 0 Å². The van der Waals surface area contributed by atoms with Crippen molar-refractivity contribution in [1.29, 1.82) is 0 Å². The van der Waals surface area contributed by atoms with Gasteiger partial charge in [0, 0.05) is 37.8 Å². The van der Waals surface area contributed by atoms with Gasteiger partial charge in [-0.1, -0.05) is 0 Å². The van der Waals surface area contributed by atoms with Crippen LogP contribution in [0.1, 0.15) is 30.2 Å². The molecule has 2 N–H and O–H groups in total. The van der Waals surface area contributed by atoms with Crippen LogP contribution in [0.2, 0.25) is 0 Å². The Hall–Kier alpha value is -1.75. The summed E-state index contributed by atoms with van der Waals surface area (Å²) in [4.78, 5) is 12.8. The number of aryl methyl sites for hydroxylation is 2. The van der Waals surface area contributed by atoms with E-state index in [2.05, 4.69) is 26.4 Å². The Kier molecular flexibility index (Phi) is 3.49. The molecule has 0 amide bonds. The molecule has 1 atom stereocenters. The minimum Gasteiger partial charge on any atom is -0.335 e. The number of imidazole rings is 1. The number of hydrogen-bond donors (Lipinski definition) is 1. The first-order valence-corrected chi connectivity index (χ1v) is 5.75. The van der Waals surface area contributed by atoms with Gasteiger partial charge in [-0.3, -0.25) is 0 Å². The summed E-state index contributed by atoms with van der Waals surface area (Å²) in [5.74, 6) is 1.64. The van der Waals surface area contributed by atoms with E-state index < -0.39 is 0 Å². The highest BCUT2D eigenvalue weighted by atomic mass is 15.1. The summed E-state index contributed by atoms with van der Waals surface area (Å²) in [6.45, 7) is 4.94. The molecule has 0 aromatic carbocycles. The molecule has 17 heavy (non-hydrogen) atoms. The molecule has 2 aromatic rings. The molecular weight excluding hydrogens is 214 g/mol. The van der Waals surface area contributed by atoms with Gasteiger partial charge in [0.1, 0.15) is 11.6 Å². The second-order valence-corrected chi connectivity index (χ2v) is 4.06. The van der Waals surface area contributed by atoms with Gasteiger partial charge in [-0.05, 0) is 19.4 Å². The zero-order chi connectivity index (χ0) is 12.3. The molecule has 2 rings (SSSR count). The molecule has 0 saturated heterocycles. The van der Waals surface area contributed by atoms with Crippen LogP contribution in [0.15, 0.2) is 24.8 Å². The minimum absolute atomic E-state index is 0.205. The standard InChI is InChI=1S/C12H17N5/c1-3-17-5-4-14-11(17)6-10(13)12-15-7-9(2)8-16-12/h4-5,7-8,10H,3,6,13H2,1-2H3. The maximum atomic E-state index is 6.08. The van der Waals surface area contributed by atoms with Gasteiger partial charge in [0.05, 0.1) is 6.04 Å². The molecule has 0 spiro atoms. The maximum absolute atomic E-state index is 6.08. The summed E-state index contributed by atoms with van der Waals surface area (Å²) in [5, 5.41) is 0. The fourth-order valence-electron chi connectivity index (χ4n) is 1.70. The third-order valence-corrected chi connectivity index (χ3v) is 2.68. The summed E-state index contributed by atoms with van der Waals surface area (Å²) in [6, 6.07) is -0.205. The molecule has 2 heterocycles. The maximum Gasteiger partial charge on any atom is 0.145 e. The van der Waals surface area contributed by atoms with E-state index in [0.717, 1.165) is 17.9 Å². The number of nitrogens with two attached hydrogens (primary N) is 1. The van der Waals surface area contributed by atoms with Gasteiger partial charge < -0.3 is 10.3 Å². The van der Waals surface area contributed by atoms with Gasteiger partial charge in [-0.15, -0.1) is 0 Å². The molecule has 1 unspecified atom stereocenters. The lowest BCUT2D eigenvalue weighted by Crippen LogP contribution is -2.19. The first-order valence-electron chi connectivity index (χ1n) is 5.75. The zero-order valence-corrected chi connectivity index (χ0v) is 10.2. The number of aromatic nitrogens is 4. The van der Waals surface area contributed by atoms with E-state index in [1.807, 2.05) is 13.1 Å². The Morgan fingerprint density at radius 1 is 1.29 bits per heavy atom. The SMILES string of the molecule is CCn1ccnc1CC(N)c1ncc(C)cn1. The Labute approximate surface area is 101 Å².